The van der Waals surface area contributed by atoms with E-state index in [1.165, 1.54) is 6.42 Å². The Hall–Kier alpha value is -2.34. The molecule has 3 aliphatic heterocycles. The van der Waals surface area contributed by atoms with Crippen LogP contribution in [0.4, 0.5) is 0 Å². The number of likely N-dealkylation sites (tertiary alicyclic amines) is 1. The van der Waals surface area contributed by atoms with Crippen molar-refractivity contribution in [1.29, 1.82) is 0 Å². The van der Waals surface area contributed by atoms with Crippen LogP contribution in [0.15, 0.2) is 28.7 Å². The molecule has 2 bridgehead atoms. The van der Waals surface area contributed by atoms with Gasteiger partial charge in [0.2, 0.25) is 0 Å². The van der Waals surface area contributed by atoms with Crippen LogP contribution in [0.2, 0.25) is 0 Å². The molecule has 0 radical (unpaired) electrons. The minimum absolute atomic E-state index is 0.0576. The fourth-order valence-electron chi connectivity index (χ4n) is 4.59. The zero-order valence-corrected chi connectivity index (χ0v) is 14.7. The average Bonchev–Trinajstić information content (AvgIpc) is 3.43. The summed E-state index contributed by atoms with van der Waals surface area (Å²) in [5.41, 5.74) is 1.17. The summed E-state index contributed by atoms with van der Waals surface area (Å²) < 4.78 is 5.77. The van der Waals surface area contributed by atoms with E-state index in [-0.39, 0.29) is 17.9 Å². The van der Waals surface area contributed by atoms with Gasteiger partial charge in [0.15, 0.2) is 5.76 Å². The van der Waals surface area contributed by atoms with Gasteiger partial charge in [-0.3, -0.25) is 9.59 Å². The van der Waals surface area contributed by atoms with Crippen molar-refractivity contribution in [3.8, 4) is 0 Å². The highest BCUT2D eigenvalue weighted by atomic mass is 16.3. The first-order chi connectivity index (χ1) is 12.7. The predicted molar refractivity (Wildman–Crippen MR) is 97.2 cm³/mol. The van der Waals surface area contributed by atoms with Crippen molar-refractivity contribution in [2.75, 3.05) is 13.1 Å². The molecule has 3 fully saturated rings. The highest BCUT2D eigenvalue weighted by molar-refractivity contribution is 6.00. The standard InChI is InChI=1S/C20H23N3O3/c24-19(22-16-11-14-5-6-15(16)21-14)13-4-3-12-9-18(26-17(12)10-13)20(25)23-7-1-2-8-23/h3-4,9-10,14-16,21H,1-2,5-8,11H2,(H,22,24)/t14-,15+,16-/m1/s1. The first kappa shape index (κ1) is 15.9. The lowest BCUT2D eigenvalue weighted by atomic mass is 9.95. The third-order valence-corrected chi connectivity index (χ3v) is 6.00. The molecule has 2 N–H and O–H groups in total. The number of fused-ring (bicyclic) bond motifs is 3. The molecule has 3 aliphatic rings. The zero-order valence-electron chi connectivity index (χ0n) is 14.7. The topological polar surface area (TPSA) is 74.6 Å². The molecule has 26 heavy (non-hydrogen) atoms. The molecule has 3 atom stereocenters. The lowest BCUT2D eigenvalue weighted by Gasteiger charge is -2.21. The third kappa shape index (κ3) is 2.69. The van der Waals surface area contributed by atoms with Crippen molar-refractivity contribution in [1.82, 2.24) is 15.5 Å². The maximum absolute atomic E-state index is 12.6. The molecule has 3 saturated heterocycles. The van der Waals surface area contributed by atoms with Gasteiger partial charge in [0.05, 0.1) is 0 Å². The summed E-state index contributed by atoms with van der Waals surface area (Å²) in [6.45, 7) is 1.59. The van der Waals surface area contributed by atoms with Gasteiger partial charge in [0, 0.05) is 42.2 Å². The van der Waals surface area contributed by atoms with Crippen LogP contribution in [-0.4, -0.2) is 47.9 Å². The number of carbonyl (C=O) groups excluding carboxylic acids is 2. The molecule has 6 nitrogen and oxygen atoms in total. The molecule has 5 rings (SSSR count). The maximum Gasteiger partial charge on any atom is 0.289 e. The average molecular weight is 353 g/mol. The SMILES string of the molecule is O=C(N[C@@H]1C[C@H]2CC[C@@H]1N2)c1ccc2cc(C(=O)N3CCCC3)oc2c1. The second-order valence-electron chi connectivity index (χ2n) is 7.73. The second kappa shape index (κ2) is 6.13. The zero-order chi connectivity index (χ0) is 17.7. The monoisotopic (exact) mass is 353 g/mol. The third-order valence-electron chi connectivity index (χ3n) is 6.00. The Morgan fingerprint density at radius 3 is 2.73 bits per heavy atom. The van der Waals surface area contributed by atoms with Gasteiger partial charge in [-0.05, 0) is 50.3 Å². The molecule has 0 aliphatic carbocycles. The fourth-order valence-corrected chi connectivity index (χ4v) is 4.59. The Morgan fingerprint density at radius 2 is 2.00 bits per heavy atom. The largest absolute Gasteiger partial charge is 0.451 e. The van der Waals surface area contributed by atoms with Gasteiger partial charge in [-0.15, -0.1) is 0 Å². The summed E-state index contributed by atoms with van der Waals surface area (Å²) in [5.74, 6) is 0.226. The highest BCUT2D eigenvalue weighted by Crippen LogP contribution is 2.29. The van der Waals surface area contributed by atoms with Crippen LogP contribution in [0.3, 0.4) is 0 Å². The molecule has 6 heteroatoms. The quantitative estimate of drug-likeness (QED) is 0.888. The van der Waals surface area contributed by atoms with E-state index < -0.39 is 0 Å². The Bertz CT molecular complexity index is 868. The van der Waals surface area contributed by atoms with E-state index in [9.17, 15) is 9.59 Å². The van der Waals surface area contributed by atoms with Crippen LogP contribution < -0.4 is 10.6 Å². The molecule has 2 amide bonds. The molecule has 4 heterocycles. The Kier molecular flexibility index (Phi) is 3.74. The van der Waals surface area contributed by atoms with Gasteiger partial charge in [0.1, 0.15) is 5.58 Å². The first-order valence-corrected chi connectivity index (χ1v) is 9.57. The van der Waals surface area contributed by atoms with E-state index in [2.05, 4.69) is 10.6 Å². The summed E-state index contributed by atoms with van der Waals surface area (Å²) in [5, 5.41) is 7.53. The maximum atomic E-state index is 12.6. The Labute approximate surface area is 151 Å². The van der Waals surface area contributed by atoms with Crippen LogP contribution in [0.25, 0.3) is 11.0 Å². The number of nitrogens with one attached hydrogen (secondary N) is 2. The number of rotatable bonds is 3. The van der Waals surface area contributed by atoms with E-state index in [1.807, 2.05) is 11.0 Å². The van der Waals surface area contributed by atoms with Crippen LogP contribution in [0.1, 0.15) is 53.0 Å². The fraction of sp³-hybridized carbons (Fsp3) is 0.500. The number of nitrogens with zero attached hydrogens (tertiary/aromatic N) is 1. The van der Waals surface area contributed by atoms with Gasteiger partial charge < -0.3 is 20.0 Å². The normalized spacial score (nSPS) is 27.4. The molecule has 136 valence electrons. The van der Waals surface area contributed by atoms with Crippen LogP contribution in [0, 0.1) is 0 Å². The first-order valence-electron chi connectivity index (χ1n) is 9.57. The van der Waals surface area contributed by atoms with E-state index in [4.69, 9.17) is 4.42 Å². The Balaban J connectivity index is 1.34. The van der Waals surface area contributed by atoms with E-state index in [0.29, 0.717) is 29.0 Å². The van der Waals surface area contributed by atoms with Crippen LogP contribution >= 0.6 is 0 Å². The second-order valence-corrected chi connectivity index (χ2v) is 7.73. The summed E-state index contributed by atoms with van der Waals surface area (Å²) in [4.78, 5) is 26.9. The number of hydrogen-bond donors (Lipinski definition) is 2. The van der Waals surface area contributed by atoms with Gasteiger partial charge >= 0.3 is 0 Å². The molecule has 0 unspecified atom stereocenters. The number of furan rings is 1. The van der Waals surface area contributed by atoms with Crippen LogP contribution in [0.5, 0.6) is 0 Å². The van der Waals surface area contributed by atoms with E-state index in [0.717, 1.165) is 44.2 Å². The van der Waals surface area contributed by atoms with Gasteiger partial charge in [-0.1, -0.05) is 6.07 Å². The number of carbonyl (C=O) groups is 2. The number of hydrogen-bond acceptors (Lipinski definition) is 4. The van der Waals surface area contributed by atoms with Crippen molar-refractivity contribution in [2.24, 2.45) is 0 Å². The minimum Gasteiger partial charge on any atom is -0.451 e. The molecular weight excluding hydrogens is 330 g/mol. The van der Waals surface area contributed by atoms with E-state index >= 15 is 0 Å². The highest BCUT2D eigenvalue weighted by Gasteiger charge is 2.39. The summed E-state index contributed by atoms with van der Waals surface area (Å²) >= 11 is 0. The van der Waals surface area contributed by atoms with E-state index in [1.54, 1.807) is 18.2 Å². The molecule has 0 spiro atoms. The molecule has 1 aromatic carbocycles. The van der Waals surface area contributed by atoms with Crippen molar-refractivity contribution >= 4 is 22.8 Å². The lowest BCUT2D eigenvalue weighted by molar-refractivity contribution is 0.0763. The van der Waals surface area contributed by atoms with Crippen molar-refractivity contribution in [3.63, 3.8) is 0 Å². The van der Waals surface area contributed by atoms with Crippen molar-refractivity contribution in [3.05, 3.63) is 35.6 Å². The smallest absolute Gasteiger partial charge is 0.289 e. The number of amides is 2. The lowest BCUT2D eigenvalue weighted by Crippen LogP contribution is -2.42. The van der Waals surface area contributed by atoms with Crippen LogP contribution in [-0.2, 0) is 0 Å². The molecular formula is C20H23N3O3. The summed E-state index contributed by atoms with van der Waals surface area (Å²) in [6, 6.07) is 8.34. The summed E-state index contributed by atoms with van der Waals surface area (Å²) in [7, 11) is 0. The predicted octanol–water partition coefficient (Wildman–Crippen LogP) is 2.29. The van der Waals surface area contributed by atoms with Gasteiger partial charge in [0.25, 0.3) is 11.8 Å². The van der Waals surface area contributed by atoms with Crippen molar-refractivity contribution in [2.45, 2.75) is 50.2 Å². The van der Waals surface area contributed by atoms with Gasteiger partial charge in [-0.25, -0.2) is 0 Å². The molecule has 0 saturated carbocycles. The number of benzene rings is 1. The molecule has 1 aromatic heterocycles. The van der Waals surface area contributed by atoms with Gasteiger partial charge in [-0.2, -0.15) is 0 Å². The Morgan fingerprint density at radius 1 is 1.15 bits per heavy atom. The van der Waals surface area contributed by atoms with Crippen molar-refractivity contribution < 1.29 is 14.0 Å². The summed E-state index contributed by atoms with van der Waals surface area (Å²) in [6.07, 6.45) is 5.45. The minimum atomic E-state index is -0.0740. The molecule has 2 aromatic rings.